The largest absolute Gasteiger partial charge is 0.330 e. The van der Waals surface area contributed by atoms with E-state index < -0.39 is 0 Å². The number of hydrogen-bond donors (Lipinski definition) is 1. The van der Waals surface area contributed by atoms with Gasteiger partial charge in [-0.05, 0) is 25.0 Å². The molecule has 1 saturated carbocycles. The van der Waals surface area contributed by atoms with Gasteiger partial charge in [0.15, 0.2) is 5.13 Å². The van der Waals surface area contributed by atoms with Gasteiger partial charge in [-0.25, -0.2) is 0 Å². The second-order valence-electron chi connectivity index (χ2n) is 3.80. The lowest BCUT2D eigenvalue weighted by Crippen LogP contribution is -2.30. The van der Waals surface area contributed by atoms with Crippen LogP contribution in [-0.4, -0.2) is 6.54 Å². The normalized spacial score (nSPS) is 20.8. The summed E-state index contributed by atoms with van der Waals surface area (Å²) < 4.78 is 12.9. The SMILES string of the molecule is NCC1(c2ccc(F)s2)CCCC1. The molecule has 1 aliphatic carbocycles. The van der Waals surface area contributed by atoms with Crippen LogP contribution in [0.5, 0.6) is 0 Å². The van der Waals surface area contributed by atoms with Crippen LogP contribution in [0.1, 0.15) is 30.6 Å². The molecule has 1 nitrogen and oxygen atoms in total. The summed E-state index contributed by atoms with van der Waals surface area (Å²) in [5.41, 5.74) is 5.90. The van der Waals surface area contributed by atoms with Crippen molar-refractivity contribution in [3.63, 3.8) is 0 Å². The van der Waals surface area contributed by atoms with Gasteiger partial charge in [0.05, 0.1) is 0 Å². The first-order valence-electron chi connectivity index (χ1n) is 4.73. The minimum atomic E-state index is -0.0882. The lowest BCUT2D eigenvalue weighted by atomic mass is 9.85. The van der Waals surface area contributed by atoms with E-state index in [4.69, 9.17) is 5.73 Å². The van der Waals surface area contributed by atoms with Crippen molar-refractivity contribution in [3.8, 4) is 0 Å². The van der Waals surface area contributed by atoms with Crippen molar-refractivity contribution in [2.45, 2.75) is 31.1 Å². The van der Waals surface area contributed by atoms with Gasteiger partial charge >= 0.3 is 0 Å². The molecule has 1 fully saturated rings. The smallest absolute Gasteiger partial charge is 0.176 e. The van der Waals surface area contributed by atoms with E-state index >= 15 is 0 Å². The molecule has 13 heavy (non-hydrogen) atoms. The fourth-order valence-corrected chi connectivity index (χ4v) is 3.19. The number of halogens is 1. The van der Waals surface area contributed by atoms with Crippen LogP contribution in [-0.2, 0) is 5.41 Å². The molecule has 72 valence electrons. The average Bonchev–Trinajstić information content (AvgIpc) is 2.73. The molecule has 2 rings (SSSR count). The van der Waals surface area contributed by atoms with Crippen LogP contribution in [0.3, 0.4) is 0 Å². The Labute approximate surface area is 81.8 Å². The maximum Gasteiger partial charge on any atom is 0.176 e. The molecule has 0 bridgehead atoms. The number of thiophene rings is 1. The lowest BCUT2D eigenvalue weighted by Gasteiger charge is -2.25. The van der Waals surface area contributed by atoms with Gasteiger partial charge in [0.2, 0.25) is 0 Å². The molecule has 2 N–H and O–H groups in total. The second-order valence-corrected chi connectivity index (χ2v) is 4.83. The van der Waals surface area contributed by atoms with Gasteiger partial charge in [-0.15, -0.1) is 11.3 Å². The molecule has 0 aliphatic heterocycles. The summed E-state index contributed by atoms with van der Waals surface area (Å²) in [4.78, 5) is 1.14. The summed E-state index contributed by atoms with van der Waals surface area (Å²) in [6.07, 6.45) is 4.72. The maximum absolute atomic E-state index is 12.9. The molecule has 0 atom stereocenters. The Bertz CT molecular complexity index is 289. The molecule has 1 heterocycles. The van der Waals surface area contributed by atoms with Gasteiger partial charge in [0, 0.05) is 16.8 Å². The molecule has 1 aromatic heterocycles. The Hall–Kier alpha value is -0.410. The van der Waals surface area contributed by atoms with Crippen LogP contribution in [0.4, 0.5) is 4.39 Å². The molecule has 1 aliphatic rings. The van der Waals surface area contributed by atoms with Crippen molar-refractivity contribution < 1.29 is 4.39 Å². The van der Waals surface area contributed by atoms with Crippen molar-refractivity contribution in [2.24, 2.45) is 5.73 Å². The van der Waals surface area contributed by atoms with E-state index in [0.29, 0.717) is 6.54 Å². The molecular weight excluding hydrogens is 185 g/mol. The zero-order valence-electron chi connectivity index (χ0n) is 7.55. The Balaban J connectivity index is 2.30. The van der Waals surface area contributed by atoms with E-state index in [2.05, 4.69) is 0 Å². The van der Waals surface area contributed by atoms with E-state index in [9.17, 15) is 4.39 Å². The lowest BCUT2D eigenvalue weighted by molar-refractivity contribution is 0.462. The first-order chi connectivity index (χ1) is 6.27. The van der Waals surface area contributed by atoms with E-state index in [1.54, 1.807) is 6.07 Å². The average molecular weight is 199 g/mol. The van der Waals surface area contributed by atoms with E-state index in [-0.39, 0.29) is 10.5 Å². The molecular formula is C10H14FNS. The highest BCUT2D eigenvalue weighted by Gasteiger charge is 2.35. The van der Waals surface area contributed by atoms with Crippen LogP contribution in [0.2, 0.25) is 0 Å². The Morgan fingerprint density at radius 1 is 1.38 bits per heavy atom. The van der Waals surface area contributed by atoms with E-state index in [1.165, 1.54) is 24.2 Å². The van der Waals surface area contributed by atoms with Crippen LogP contribution in [0.15, 0.2) is 12.1 Å². The van der Waals surface area contributed by atoms with Gasteiger partial charge < -0.3 is 5.73 Å². The number of hydrogen-bond acceptors (Lipinski definition) is 2. The number of nitrogens with two attached hydrogens (primary N) is 1. The first-order valence-corrected chi connectivity index (χ1v) is 5.54. The summed E-state index contributed by atoms with van der Waals surface area (Å²) in [6, 6.07) is 3.45. The highest BCUT2D eigenvalue weighted by atomic mass is 32.1. The van der Waals surface area contributed by atoms with Gasteiger partial charge in [0.25, 0.3) is 0 Å². The Morgan fingerprint density at radius 3 is 2.54 bits per heavy atom. The number of rotatable bonds is 2. The zero-order chi connectivity index (χ0) is 9.31. The fourth-order valence-electron chi connectivity index (χ4n) is 2.20. The van der Waals surface area contributed by atoms with Crippen molar-refractivity contribution >= 4 is 11.3 Å². The molecule has 0 amide bonds. The van der Waals surface area contributed by atoms with E-state index in [1.807, 2.05) is 6.07 Å². The standard InChI is InChI=1S/C10H14FNS/c11-9-4-3-8(13-9)10(7-12)5-1-2-6-10/h3-4H,1-2,5-7,12H2. The summed E-state index contributed by atoms with van der Waals surface area (Å²) in [5.74, 6) is 0. The third kappa shape index (κ3) is 1.51. The highest BCUT2D eigenvalue weighted by Crippen LogP contribution is 2.42. The zero-order valence-corrected chi connectivity index (χ0v) is 8.37. The predicted octanol–water partition coefficient (Wildman–Crippen LogP) is 2.66. The van der Waals surface area contributed by atoms with Gasteiger partial charge in [-0.3, -0.25) is 0 Å². The van der Waals surface area contributed by atoms with Crippen LogP contribution >= 0.6 is 11.3 Å². The molecule has 1 aromatic rings. The van der Waals surface area contributed by atoms with Gasteiger partial charge in [0.1, 0.15) is 0 Å². The molecule has 3 heteroatoms. The molecule has 0 radical (unpaired) electrons. The highest BCUT2D eigenvalue weighted by molar-refractivity contribution is 7.10. The molecule has 0 unspecified atom stereocenters. The van der Waals surface area contributed by atoms with Crippen LogP contribution in [0, 0.1) is 5.13 Å². The second kappa shape index (κ2) is 3.39. The summed E-state index contributed by atoms with van der Waals surface area (Å²) in [6.45, 7) is 0.660. The maximum atomic E-state index is 12.9. The summed E-state index contributed by atoms with van der Waals surface area (Å²) in [7, 11) is 0. The molecule has 0 aromatic carbocycles. The van der Waals surface area contributed by atoms with Crippen LogP contribution in [0.25, 0.3) is 0 Å². The van der Waals surface area contributed by atoms with E-state index in [0.717, 1.165) is 17.7 Å². The van der Waals surface area contributed by atoms with Crippen molar-refractivity contribution in [2.75, 3.05) is 6.54 Å². The van der Waals surface area contributed by atoms with Crippen LogP contribution < -0.4 is 5.73 Å². The molecule has 0 saturated heterocycles. The third-order valence-electron chi connectivity index (χ3n) is 3.05. The fraction of sp³-hybridized carbons (Fsp3) is 0.600. The van der Waals surface area contributed by atoms with Crippen molar-refractivity contribution in [3.05, 3.63) is 22.1 Å². The van der Waals surface area contributed by atoms with Crippen molar-refractivity contribution in [1.82, 2.24) is 0 Å². The third-order valence-corrected chi connectivity index (χ3v) is 4.17. The predicted molar refractivity (Wildman–Crippen MR) is 53.5 cm³/mol. The minimum Gasteiger partial charge on any atom is -0.330 e. The van der Waals surface area contributed by atoms with Gasteiger partial charge in [-0.1, -0.05) is 12.8 Å². The monoisotopic (exact) mass is 199 g/mol. The summed E-state index contributed by atoms with van der Waals surface area (Å²) >= 11 is 1.26. The minimum absolute atomic E-state index is 0.0882. The first kappa shape index (κ1) is 9.16. The molecule has 0 spiro atoms. The Kier molecular flexibility index (Phi) is 2.39. The van der Waals surface area contributed by atoms with Crippen molar-refractivity contribution in [1.29, 1.82) is 0 Å². The topological polar surface area (TPSA) is 26.0 Å². The summed E-state index contributed by atoms with van der Waals surface area (Å²) in [5, 5.41) is -0.0882. The van der Waals surface area contributed by atoms with Gasteiger partial charge in [-0.2, -0.15) is 4.39 Å². The quantitative estimate of drug-likeness (QED) is 0.778. The Morgan fingerprint density at radius 2 is 2.08 bits per heavy atom.